The van der Waals surface area contributed by atoms with Gasteiger partial charge in [-0.25, -0.2) is 0 Å². The minimum Gasteiger partial charge on any atom is -0.365 e. The van der Waals surface area contributed by atoms with Crippen LogP contribution in [-0.4, -0.2) is 45.1 Å². The molecule has 0 fully saturated rings. The Morgan fingerprint density at radius 1 is 1.27 bits per heavy atom. The largest absolute Gasteiger partial charge is 0.365 e. The van der Waals surface area contributed by atoms with E-state index in [1.807, 2.05) is 13.8 Å². The molecule has 2 aromatic heterocycles. The standard InChI is InChI=1S/C19H24N8O3/c1-9(2)6-13(17(29)21-3)24-19-25-16(14(15(20)28)18(30)26-19)23-11-4-5-12-10(7-11)8-22-27-12/h4-5,7-9,13H,6H2,1-3H3,(H2,20,28)(H,21,29)(H,22,27)(H3,23,24,25,26,30). The van der Waals surface area contributed by atoms with E-state index in [9.17, 15) is 14.4 Å². The summed E-state index contributed by atoms with van der Waals surface area (Å²) in [7, 11) is 1.53. The SMILES string of the molecule is CNC(=O)C(CC(C)C)Nc1nc(Nc2ccc3[nH]ncc3c2)c(C(N)=O)c(=O)[nH]1. The fourth-order valence-electron chi connectivity index (χ4n) is 3.06. The molecule has 0 saturated heterocycles. The van der Waals surface area contributed by atoms with Gasteiger partial charge in [0.15, 0.2) is 5.82 Å². The van der Waals surface area contributed by atoms with Crippen LogP contribution in [0.15, 0.2) is 29.2 Å². The van der Waals surface area contributed by atoms with Crippen LogP contribution in [0.1, 0.15) is 30.6 Å². The molecule has 3 rings (SSSR count). The van der Waals surface area contributed by atoms with Crippen LogP contribution < -0.4 is 27.2 Å². The van der Waals surface area contributed by atoms with Crippen molar-refractivity contribution in [1.82, 2.24) is 25.5 Å². The number of aromatic amines is 2. The molecular weight excluding hydrogens is 388 g/mol. The first kappa shape index (κ1) is 20.8. The first-order valence-corrected chi connectivity index (χ1v) is 9.41. The number of carbonyl (C=O) groups excluding carboxylic acids is 2. The molecule has 11 nitrogen and oxygen atoms in total. The maximum Gasteiger partial charge on any atom is 0.267 e. The minimum atomic E-state index is -0.924. The van der Waals surface area contributed by atoms with Gasteiger partial charge >= 0.3 is 0 Å². The number of primary amides is 1. The minimum absolute atomic E-state index is 0.0169. The van der Waals surface area contributed by atoms with E-state index in [0.29, 0.717) is 12.1 Å². The average molecular weight is 412 g/mol. The molecular formula is C19H24N8O3. The predicted octanol–water partition coefficient (Wildman–Crippen LogP) is 1.06. The van der Waals surface area contributed by atoms with Gasteiger partial charge in [0, 0.05) is 18.1 Å². The molecule has 0 aliphatic rings. The molecule has 30 heavy (non-hydrogen) atoms. The van der Waals surface area contributed by atoms with Crippen LogP contribution in [0.25, 0.3) is 10.9 Å². The Kier molecular flexibility index (Phi) is 6.00. The molecule has 1 unspecified atom stereocenters. The van der Waals surface area contributed by atoms with E-state index in [1.165, 1.54) is 7.05 Å². The number of nitrogens with two attached hydrogens (primary N) is 1. The zero-order valence-corrected chi connectivity index (χ0v) is 16.9. The fourth-order valence-corrected chi connectivity index (χ4v) is 3.06. The first-order chi connectivity index (χ1) is 14.3. The molecule has 11 heteroatoms. The van der Waals surface area contributed by atoms with Crippen LogP contribution >= 0.6 is 0 Å². The van der Waals surface area contributed by atoms with Gasteiger partial charge in [-0.1, -0.05) is 13.8 Å². The molecule has 2 heterocycles. The number of rotatable bonds is 8. The Morgan fingerprint density at radius 2 is 2.03 bits per heavy atom. The van der Waals surface area contributed by atoms with E-state index < -0.39 is 17.5 Å². The van der Waals surface area contributed by atoms with Gasteiger partial charge < -0.3 is 21.7 Å². The van der Waals surface area contributed by atoms with Gasteiger partial charge in [-0.05, 0) is 30.5 Å². The molecule has 2 amide bonds. The predicted molar refractivity (Wildman–Crippen MR) is 114 cm³/mol. The number of nitrogens with zero attached hydrogens (tertiary/aromatic N) is 2. The van der Waals surface area contributed by atoms with Gasteiger partial charge in [0.2, 0.25) is 11.9 Å². The maximum absolute atomic E-state index is 12.5. The van der Waals surface area contributed by atoms with Gasteiger partial charge in [-0.3, -0.25) is 24.5 Å². The molecule has 0 spiro atoms. The highest BCUT2D eigenvalue weighted by molar-refractivity contribution is 5.98. The number of carbonyl (C=O) groups is 2. The Hall–Kier alpha value is -3.89. The molecule has 1 atom stereocenters. The van der Waals surface area contributed by atoms with Crippen molar-refractivity contribution in [3.05, 3.63) is 40.3 Å². The summed E-state index contributed by atoms with van der Waals surface area (Å²) < 4.78 is 0. The topological polar surface area (TPSA) is 171 Å². The molecule has 0 radical (unpaired) electrons. The molecule has 3 aromatic rings. The van der Waals surface area contributed by atoms with E-state index in [4.69, 9.17) is 5.73 Å². The lowest BCUT2D eigenvalue weighted by Gasteiger charge is -2.20. The number of aromatic nitrogens is 4. The van der Waals surface area contributed by atoms with Crippen LogP contribution in [0, 0.1) is 5.92 Å². The third-order valence-electron chi connectivity index (χ3n) is 4.45. The number of H-pyrrole nitrogens is 2. The van der Waals surface area contributed by atoms with Crippen LogP contribution in [0.2, 0.25) is 0 Å². The summed E-state index contributed by atoms with van der Waals surface area (Å²) in [6, 6.07) is 4.71. The van der Waals surface area contributed by atoms with Crippen molar-refractivity contribution < 1.29 is 9.59 Å². The Bertz CT molecular complexity index is 1130. The third kappa shape index (κ3) is 4.57. The molecule has 158 valence electrons. The highest BCUT2D eigenvalue weighted by Crippen LogP contribution is 2.22. The molecule has 0 aliphatic heterocycles. The Morgan fingerprint density at radius 3 is 2.70 bits per heavy atom. The lowest BCUT2D eigenvalue weighted by molar-refractivity contribution is -0.121. The third-order valence-corrected chi connectivity index (χ3v) is 4.45. The molecule has 0 bridgehead atoms. The second-order valence-electron chi connectivity index (χ2n) is 7.24. The van der Waals surface area contributed by atoms with Crippen molar-refractivity contribution in [2.24, 2.45) is 11.7 Å². The smallest absolute Gasteiger partial charge is 0.267 e. The summed E-state index contributed by atoms with van der Waals surface area (Å²) in [5.74, 6) is -0.920. The second-order valence-corrected chi connectivity index (χ2v) is 7.24. The lowest BCUT2D eigenvalue weighted by atomic mass is 10.0. The van der Waals surface area contributed by atoms with Crippen LogP contribution in [0.4, 0.5) is 17.5 Å². The molecule has 7 N–H and O–H groups in total. The number of anilines is 3. The summed E-state index contributed by atoms with van der Waals surface area (Å²) in [6.07, 6.45) is 2.16. The van der Waals surface area contributed by atoms with Crippen LogP contribution in [0.5, 0.6) is 0 Å². The molecule has 1 aromatic carbocycles. The number of benzene rings is 1. The lowest BCUT2D eigenvalue weighted by Crippen LogP contribution is -2.40. The number of fused-ring (bicyclic) bond motifs is 1. The van der Waals surface area contributed by atoms with E-state index in [-0.39, 0.29) is 29.2 Å². The second kappa shape index (κ2) is 8.64. The van der Waals surface area contributed by atoms with E-state index in [0.717, 1.165) is 10.9 Å². The highest BCUT2D eigenvalue weighted by atomic mass is 16.2. The summed E-state index contributed by atoms with van der Waals surface area (Å²) in [6.45, 7) is 3.95. The number of nitrogens with one attached hydrogen (secondary N) is 5. The van der Waals surface area contributed by atoms with Crippen LogP contribution in [0.3, 0.4) is 0 Å². The quantitative estimate of drug-likeness (QED) is 0.321. The van der Waals surface area contributed by atoms with Gasteiger partial charge in [0.05, 0.1) is 11.7 Å². The van der Waals surface area contributed by atoms with Crippen molar-refractivity contribution in [2.45, 2.75) is 26.3 Å². The molecule has 0 saturated carbocycles. The first-order valence-electron chi connectivity index (χ1n) is 9.41. The maximum atomic E-state index is 12.5. The zero-order valence-electron chi connectivity index (χ0n) is 16.9. The summed E-state index contributed by atoms with van der Waals surface area (Å²) in [5, 5.41) is 16.1. The summed E-state index contributed by atoms with van der Waals surface area (Å²) in [4.78, 5) is 43.3. The van der Waals surface area contributed by atoms with Crippen molar-refractivity contribution in [3.8, 4) is 0 Å². The summed E-state index contributed by atoms with van der Waals surface area (Å²) in [5.41, 5.74) is 5.78. The van der Waals surface area contributed by atoms with E-state index >= 15 is 0 Å². The number of likely N-dealkylation sites (N-methyl/N-ethyl adjacent to an activating group) is 1. The van der Waals surface area contributed by atoms with Crippen molar-refractivity contribution >= 4 is 40.2 Å². The number of hydrogen-bond acceptors (Lipinski definition) is 7. The van der Waals surface area contributed by atoms with Crippen molar-refractivity contribution in [2.75, 3.05) is 17.7 Å². The number of amides is 2. The van der Waals surface area contributed by atoms with Gasteiger partial charge in [-0.2, -0.15) is 10.1 Å². The zero-order chi connectivity index (χ0) is 21.8. The van der Waals surface area contributed by atoms with E-state index in [2.05, 4.69) is 36.1 Å². The van der Waals surface area contributed by atoms with Gasteiger partial charge in [0.1, 0.15) is 11.6 Å². The van der Waals surface area contributed by atoms with Gasteiger partial charge in [0.25, 0.3) is 11.5 Å². The normalized spacial score (nSPS) is 12.0. The average Bonchev–Trinajstić information content (AvgIpc) is 3.13. The monoisotopic (exact) mass is 412 g/mol. The molecule has 0 aliphatic carbocycles. The Balaban J connectivity index is 1.98. The van der Waals surface area contributed by atoms with Crippen LogP contribution in [-0.2, 0) is 4.79 Å². The Labute approximate surface area is 171 Å². The van der Waals surface area contributed by atoms with Gasteiger partial charge in [-0.15, -0.1) is 0 Å². The van der Waals surface area contributed by atoms with E-state index in [1.54, 1.807) is 24.4 Å². The fraction of sp³-hybridized carbons (Fsp3) is 0.316. The van der Waals surface area contributed by atoms with Crippen molar-refractivity contribution in [3.63, 3.8) is 0 Å². The highest BCUT2D eigenvalue weighted by Gasteiger charge is 2.22. The number of hydrogen-bond donors (Lipinski definition) is 6. The van der Waals surface area contributed by atoms with Crippen molar-refractivity contribution in [1.29, 1.82) is 0 Å². The summed E-state index contributed by atoms with van der Waals surface area (Å²) >= 11 is 0.